The third-order valence-electron chi connectivity index (χ3n) is 2.25. The second-order valence-electron chi connectivity index (χ2n) is 3.35. The number of aryl methyl sites for hydroxylation is 1. The van der Waals surface area contributed by atoms with E-state index in [9.17, 15) is 4.79 Å². The maximum Gasteiger partial charge on any atom is 0.313 e. The summed E-state index contributed by atoms with van der Waals surface area (Å²) < 4.78 is 5.80. The molecule has 0 aliphatic rings. The van der Waals surface area contributed by atoms with Gasteiger partial charge in [-0.1, -0.05) is 22.0 Å². The number of carboxylic acid groups (broad SMARTS) is 1. The molecule has 1 aromatic rings. The molecule has 0 spiro atoms. The molecule has 0 amide bonds. The van der Waals surface area contributed by atoms with Gasteiger partial charge < -0.3 is 9.84 Å². The highest BCUT2D eigenvalue weighted by atomic mass is 79.9. The summed E-state index contributed by atoms with van der Waals surface area (Å²) in [5.74, 6) is -1.47. The predicted molar refractivity (Wildman–Crippen MR) is 61.1 cm³/mol. The van der Waals surface area contributed by atoms with Gasteiger partial charge in [0.2, 0.25) is 0 Å². The van der Waals surface area contributed by atoms with E-state index in [0.29, 0.717) is 0 Å². The van der Waals surface area contributed by atoms with Gasteiger partial charge >= 0.3 is 5.97 Å². The van der Waals surface area contributed by atoms with Crippen LogP contribution < -0.4 is 0 Å². The normalized spacial score (nSPS) is 12.5. The molecule has 0 saturated carbocycles. The van der Waals surface area contributed by atoms with E-state index in [-0.39, 0.29) is 6.61 Å². The summed E-state index contributed by atoms with van der Waals surface area (Å²) in [6.07, 6.45) is 0. The van der Waals surface area contributed by atoms with Crippen molar-refractivity contribution in [3.63, 3.8) is 0 Å². The van der Waals surface area contributed by atoms with E-state index in [0.717, 1.165) is 15.6 Å². The summed E-state index contributed by atoms with van der Waals surface area (Å²) >= 11 is 3.33. The van der Waals surface area contributed by atoms with Crippen molar-refractivity contribution in [1.82, 2.24) is 0 Å². The van der Waals surface area contributed by atoms with Crippen LogP contribution in [0.1, 0.15) is 17.0 Å². The van der Waals surface area contributed by atoms with Crippen molar-refractivity contribution >= 4 is 21.9 Å². The molecule has 0 radical (unpaired) electrons. The second kappa shape index (κ2) is 5.28. The Labute approximate surface area is 97.2 Å². The fourth-order valence-electron chi connectivity index (χ4n) is 1.45. The van der Waals surface area contributed by atoms with Crippen molar-refractivity contribution in [2.24, 2.45) is 0 Å². The van der Waals surface area contributed by atoms with Crippen molar-refractivity contribution in [3.8, 4) is 0 Å². The fraction of sp³-hybridized carbons (Fsp3) is 0.364. The summed E-state index contributed by atoms with van der Waals surface area (Å²) in [5, 5.41) is 9.08. The molecule has 1 aromatic carbocycles. The van der Waals surface area contributed by atoms with Crippen LogP contribution in [0.5, 0.6) is 0 Å². The van der Waals surface area contributed by atoms with Gasteiger partial charge in [0.1, 0.15) is 5.92 Å². The molecule has 15 heavy (non-hydrogen) atoms. The quantitative estimate of drug-likeness (QED) is 0.917. The highest BCUT2D eigenvalue weighted by molar-refractivity contribution is 9.10. The lowest BCUT2D eigenvalue weighted by atomic mass is 9.96. The Kier molecular flexibility index (Phi) is 4.29. The predicted octanol–water partition coefficient (Wildman–Crippen LogP) is 2.57. The molecular weight excluding hydrogens is 260 g/mol. The average Bonchev–Trinajstić information content (AvgIpc) is 2.18. The molecule has 0 heterocycles. The van der Waals surface area contributed by atoms with E-state index in [1.54, 1.807) is 0 Å². The summed E-state index contributed by atoms with van der Waals surface area (Å²) in [4.78, 5) is 11.1. The van der Waals surface area contributed by atoms with Crippen LogP contribution >= 0.6 is 15.9 Å². The first-order chi connectivity index (χ1) is 7.06. The van der Waals surface area contributed by atoms with Crippen LogP contribution in [0.15, 0.2) is 22.7 Å². The average molecular weight is 273 g/mol. The molecule has 0 aliphatic carbocycles. The Balaban J connectivity index is 3.09. The summed E-state index contributed by atoms with van der Waals surface area (Å²) in [6, 6.07) is 5.61. The van der Waals surface area contributed by atoms with Gasteiger partial charge in [0, 0.05) is 11.6 Å². The topological polar surface area (TPSA) is 46.5 Å². The fourth-order valence-corrected chi connectivity index (χ4v) is 1.83. The first-order valence-corrected chi connectivity index (χ1v) is 5.33. The Morgan fingerprint density at radius 3 is 2.80 bits per heavy atom. The number of rotatable bonds is 4. The van der Waals surface area contributed by atoms with E-state index in [1.165, 1.54) is 7.11 Å². The van der Waals surface area contributed by atoms with Gasteiger partial charge in [-0.25, -0.2) is 0 Å². The van der Waals surface area contributed by atoms with Crippen molar-refractivity contribution in [1.29, 1.82) is 0 Å². The third kappa shape index (κ3) is 3.04. The van der Waals surface area contributed by atoms with Crippen LogP contribution in [0.4, 0.5) is 0 Å². The molecule has 0 fully saturated rings. The molecular formula is C11H13BrO3. The standard InChI is InChI=1S/C11H13BrO3/c1-7-3-4-8(12)5-9(7)10(6-15-2)11(13)14/h3-5,10H,6H2,1-2H3,(H,13,14). The number of halogens is 1. The van der Waals surface area contributed by atoms with Crippen LogP contribution in [-0.2, 0) is 9.53 Å². The van der Waals surface area contributed by atoms with Gasteiger partial charge in [0.05, 0.1) is 6.61 Å². The minimum absolute atomic E-state index is 0.187. The van der Waals surface area contributed by atoms with E-state index < -0.39 is 11.9 Å². The van der Waals surface area contributed by atoms with Crippen molar-refractivity contribution < 1.29 is 14.6 Å². The molecule has 0 bridgehead atoms. The first-order valence-electron chi connectivity index (χ1n) is 4.54. The minimum Gasteiger partial charge on any atom is -0.481 e. The number of methoxy groups -OCH3 is 1. The highest BCUT2D eigenvalue weighted by Gasteiger charge is 2.21. The lowest BCUT2D eigenvalue weighted by Gasteiger charge is -2.14. The minimum atomic E-state index is -0.863. The van der Waals surface area contributed by atoms with Crippen LogP contribution in [0.2, 0.25) is 0 Å². The molecule has 1 N–H and O–H groups in total. The van der Waals surface area contributed by atoms with Crippen molar-refractivity contribution in [3.05, 3.63) is 33.8 Å². The number of benzene rings is 1. The number of hydrogen-bond donors (Lipinski definition) is 1. The molecule has 1 rings (SSSR count). The molecule has 0 aromatic heterocycles. The zero-order valence-corrected chi connectivity index (χ0v) is 10.2. The lowest BCUT2D eigenvalue weighted by Crippen LogP contribution is -2.18. The Morgan fingerprint density at radius 2 is 2.27 bits per heavy atom. The van der Waals surface area contributed by atoms with Crippen molar-refractivity contribution in [2.75, 3.05) is 13.7 Å². The van der Waals surface area contributed by atoms with Crippen molar-refractivity contribution in [2.45, 2.75) is 12.8 Å². The van der Waals surface area contributed by atoms with Gasteiger partial charge in [0.15, 0.2) is 0 Å². The molecule has 3 nitrogen and oxygen atoms in total. The number of ether oxygens (including phenoxy) is 1. The monoisotopic (exact) mass is 272 g/mol. The number of carbonyl (C=O) groups is 1. The molecule has 4 heteroatoms. The number of carboxylic acids is 1. The van der Waals surface area contributed by atoms with Crippen LogP contribution in [-0.4, -0.2) is 24.8 Å². The van der Waals surface area contributed by atoms with E-state index in [4.69, 9.17) is 9.84 Å². The summed E-state index contributed by atoms with van der Waals surface area (Å²) in [5.41, 5.74) is 1.75. The Morgan fingerprint density at radius 1 is 1.60 bits per heavy atom. The van der Waals surface area contributed by atoms with E-state index in [2.05, 4.69) is 15.9 Å². The van der Waals surface area contributed by atoms with E-state index in [1.807, 2.05) is 25.1 Å². The van der Waals surface area contributed by atoms with Gasteiger partial charge in [0.25, 0.3) is 0 Å². The maximum atomic E-state index is 11.1. The number of aliphatic carboxylic acids is 1. The number of hydrogen-bond acceptors (Lipinski definition) is 2. The lowest BCUT2D eigenvalue weighted by molar-refractivity contribution is -0.140. The Bertz CT molecular complexity index is 363. The molecule has 0 aliphatic heterocycles. The highest BCUT2D eigenvalue weighted by Crippen LogP contribution is 2.24. The SMILES string of the molecule is COCC(C(=O)O)c1cc(Br)ccc1C. The maximum absolute atomic E-state index is 11.1. The van der Waals surface area contributed by atoms with Gasteiger partial charge in [-0.05, 0) is 30.2 Å². The zero-order chi connectivity index (χ0) is 11.4. The smallest absolute Gasteiger partial charge is 0.313 e. The van der Waals surface area contributed by atoms with Crippen LogP contribution in [0.25, 0.3) is 0 Å². The second-order valence-corrected chi connectivity index (χ2v) is 4.26. The summed E-state index contributed by atoms with van der Waals surface area (Å²) in [6.45, 7) is 2.08. The summed E-state index contributed by atoms with van der Waals surface area (Å²) in [7, 11) is 1.50. The zero-order valence-electron chi connectivity index (χ0n) is 8.66. The van der Waals surface area contributed by atoms with Gasteiger partial charge in [-0.3, -0.25) is 4.79 Å². The van der Waals surface area contributed by atoms with E-state index >= 15 is 0 Å². The first kappa shape index (κ1) is 12.2. The Hall–Kier alpha value is -0.870. The largest absolute Gasteiger partial charge is 0.481 e. The van der Waals surface area contributed by atoms with Gasteiger partial charge in [-0.2, -0.15) is 0 Å². The van der Waals surface area contributed by atoms with Crippen LogP contribution in [0, 0.1) is 6.92 Å². The van der Waals surface area contributed by atoms with Crippen LogP contribution in [0.3, 0.4) is 0 Å². The molecule has 1 unspecified atom stereocenters. The molecule has 0 saturated heterocycles. The van der Waals surface area contributed by atoms with Gasteiger partial charge in [-0.15, -0.1) is 0 Å². The molecule has 82 valence electrons. The molecule has 1 atom stereocenters. The third-order valence-corrected chi connectivity index (χ3v) is 2.74.